The Hall–Kier alpha value is -1.96. The van der Waals surface area contributed by atoms with Gasteiger partial charge in [-0.05, 0) is 30.2 Å². The second-order valence-electron chi connectivity index (χ2n) is 4.00. The van der Waals surface area contributed by atoms with Gasteiger partial charge in [-0.15, -0.1) is 0 Å². The van der Waals surface area contributed by atoms with Crippen LogP contribution >= 0.6 is 0 Å². The van der Waals surface area contributed by atoms with E-state index in [0.29, 0.717) is 0 Å². The van der Waals surface area contributed by atoms with Gasteiger partial charge >= 0.3 is 0 Å². The van der Waals surface area contributed by atoms with E-state index in [1.54, 1.807) is 0 Å². The van der Waals surface area contributed by atoms with Crippen molar-refractivity contribution < 1.29 is 4.42 Å². The van der Waals surface area contributed by atoms with Gasteiger partial charge < -0.3 is 10.2 Å². The Kier molecular flexibility index (Phi) is 1.90. The van der Waals surface area contributed by atoms with Crippen molar-refractivity contribution in [2.75, 3.05) is 5.73 Å². The quantitative estimate of drug-likeness (QED) is 0.623. The van der Waals surface area contributed by atoms with Crippen LogP contribution in [0.5, 0.6) is 0 Å². The predicted octanol–water partition coefficient (Wildman–Crippen LogP) is 3.73. The van der Waals surface area contributed by atoms with E-state index in [9.17, 15) is 0 Å². The average molecular weight is 211 g/mol. The van der Waals surface area contributed by atoms with Gasteiger partial charge in [0, 0.05) is 16.5 Å². The van der Waals surface area contributed by atoms with Gasteiger partial charge in [-0.1, -0.05) is 25.1 Å². The highest BCUT2D eigenvalue weighted by Gasteiger charge is 2.08. The maximum atomic E-state index is 6.01. The smallest absolute Gasteiger partial charge is 0.135 e. The number of hydrogen-bond donors (Lipinski definition) is 1. The number of aryl methyl sites for hydroxylation is 1. The molecule has 0 saturated heterocycles. The molecule has 0 aliphatic rings. The maximum Gasteiger partial charge on any atom is 0.135 e. The number of hydrogen-bond acceptors (Lipinski definition) is 2. The van der Waals surface area contributed by atoms with Gasteiger partial charge in [0.15, 0.2) is 0 Å². The molecule has 0 saturated carbocycles. The topological polar surface area (TPSA) is 39.2 Å². The summed E-state index contributed by atoms with van der Waals surface area (Å²) in [5.74, 6) is 0. The first-order valence-corrected chi connectivity index (χ1v) is 5.49. The van der Waals surface area contributed by atoms with Crippen molar-refractivity contribution in [2.45, 2.75) is 13.3 Å². The number of fused-ring (bicyclic) bond motifs is 3. The summed E-state index contributed by atoms with van der Waals surface area (Å²) >= 11 is 0. The molecule has 2 nitrogen and oxygen atoms in total. The molecular weight excluding hydrogens is 198 g/mol. The Morgan fingerprint density at radius 2 is 1.88 bits per heavy atom. The fourth-order valence-corrected chi connectivity index (χ4v) is 2.14. The summed E-state index contributed by atoms with van der Waals surface area (Å²) in [5, 5.41) is 2.23. The number of nitrogen functional groups attached to an aromatic ring is 1. The van der Waals surface area contributed by atoms with Crippen LogP contribution in [-0.4, -0.2) is 0 Å². The zero-order chi connectivity index (χ0) is 11.1. The molecule has 3 aromatic rings. The Bertz CT molecular complexity index is 667. The van der Waals surface area contributed by atoms with Gasteiger partial charge in [-0.3, -0.25) is 0 Å². The second kappa shape index (κ2) is 3.27. The predicted molar refractivity (Wildman–Crippen MR) is 67.5 cm³/mol. The van der Waals surface area contributed by atoms with Crippen molar-refractivity contribution in [1.29, 1.82) is 0 Å². The van der Waals surface area contributed by atoms with Crippen LogP contribution in [0.4, 0.5) is 5.69 Å². The number of rotatable bonds is 1. The molecule has 0 aliphatic carbocycles. The molecule has 1 aromatic heterocycles. The molecule has 2 heteroatoms. The lowest BCUT2D eigenvalue weighted by atomic mass is 10.1. The van der Waals surface area contributed by atoms with Crippen molar-refractivity contribution >= 4 is 27.6 Å². The van der Waals surface area contributed by atoms with Crippen molar-refractivity contribution in [3.63, 3.8) is 0 Å². The maximum absolute atomic E-state index is 6.01. The van der Waals surface area contributed by atoms with E-state index in [0.717, 1.165) is 39.6 Å². The fourth-order valence-electron chi connectivity index (χ4n) is 2.14. The molecular formula is C14H13NO. The van der Waals surface area contributed by atoms with Gasteiger partial charge in [-0.2, -0.15) is 0 Å². The van der Waals surface area contributed by atoms with Gasteiger partial charge in [0.25, 0.3) is 0 Å². The molecule has 0 bridgehead atoms. The minimum Gasteiger partial charge on any atom is -0.456 e. The molecule has 0 amide bonds. The summed E-state index contributed by atoms with van der Waals surface area (Å²) in [7, 11) is 0. The van der Waals surface area contributed by atoms with Gasteiger partial charge in [0.2, 0.25) is 0 Å². The summed E-state index contributed by atoms with van der Waals surface area (Å²) in [5.41, 5.74) is 9.84. The summed E-state index contributed by atoms with van der Waals surface area (Å²) in [6.45, 7) is 2.10. The number of anilines is 1. The molecule has 0 atom stereocenters. The summed E-state index contributed by atoms with van der Waals surface area (Å²) in [6, 6.07) is 12.1. The molecule has 2 aromatic carbocycles. The number of nitrogens with two attached hydrogens (primary N) is 1. The minimum absolute atomic E-state index is 0.849. The van der Waals surface area contributed by atoms with Gasteiger partial charge in [0.05, 0.1) is 0 Å². The van der Waals surface area contributed by atoms with Crippen molar-refractivity contribution in [3.05, 3.63) is 42.0 Å². The Balaban J connectivity index is 2.46. The monoisotopic (exact) mass is 211 g/mol. The van der Waals surface area contributed by atoms with Crippen LogP contribution in [-0.2, 0) is 6.42 Å². The Morgan fingerprint density at radius 3 is 2.69 bits per heavy atom. The molecule has 0 unspecified atom stereocenters. The van der Waals surface area contributed by atoms with E-state index in [2.05, 4.69) is 13.0 Å². The minimum atomic E-state index is 0.849. The molecule has 0 spiro atoms. The molecule has 1 heterocycles. The van der Waals surface area contributed by atoms with Crippen LogP contribution < -0.4 is 5.73 Å². The first kappa shape index (κ1) is 9.28. The molecule has 0 fully saturated rings. The zero-order valence-electron chi connectivity index (χ0n) is 9.16. The van der Waals surface area contributed by atoms with Crippen molar-refractivity contribution in [3.8, 4) is 0 Å². The summed E-state index contributed by atoms with van der Waals surface area (Å²) in [4.78, 5) is 0. The van der Waals surface area contributed by atoms with Gasteiger partial charge in [0.1, 0.15) is 11.2 Å². The summed E-state index contributed by atoms with van der Waals surface area (Å²) < 4.78 is 5.79. The van der Waals surface area contributed by atoms with Gasteiger partial charge in [-0.25, -0.2) is 0 Å². The van der Waals surface area contributed by atoms with Crippen molar-refractivity contribution in [2.24, 2.45) is 0 Å². The molecule has 2 N–H and O–H groups in total. The van der Waals surface area contributed by atoms with E-state index < -0.39 is 0 Å². The van der Waals surface area contributed by atoms with Crippen LogP contribution in [0.1, 0.15) is 12.5 Å². The average Bonchev–Trinajstić information content (AvgIpc) is 2.66. The highest BCUT2D eigenvalue weighted by Crippen LogP contribution is 2.31. The van der Waals surface area contributed by atoms with E-state index >= 15 is 0 Å². The standard InChI is InChI=1S/C14H13NO/c1-2-9-7-14-11(8-12(9)15)10-5-3-4-6-13(10)16-14/h3-8H,2,15H2,1H3. The highest BCUT2D eigenvalue weighted by molar-refractivity contribution is 6.06. The third-order valence-corrected chi connectivity index (χ3v) is 3.02. The normalized spacial score (nSPS) is 11.3. The van der Waals surface area contributed by atoms with Crippen LogP contribution in [0.15, 0.2) is 40.8 Å². The fraction of sp³-hybridized carbons (Fsp3) is 0.143. The van der Waals surface area contributed by atoms with E-state index in [1.165, 1.54) is 0 Å². The molecule has 16 heavy (non-hydrogen) atoms. The largest absolute Gasteiger partial charge is 0.456 e. The first-order chi connectivity index (χ1) is 7.79. The number of para-hydroxylation sites is 1. The number of benzene rings is 2. The van der Waals surface area contributed by atoms with E-state index in [1.807, 2.05) is 30.3 Å². The first-order valence-electron chi connectivity index (χ1n) is 5.49. The molecule has 80 valence electrons. The van der Waals surface area contributed by atoms with Crippen LogP contribution in [0.3, 0.4) is 0 Å². The lowest BCUT2D eigenvalue weighted by Gasteiger charge is -2.01. The van der Waals surface area contributed by atoms with E-state index in [4.69, 9.17) is 10.2 Å². The zero-order valence-corrected chi connectivity index (χ0v) is 9.16. The molecule has 3 rings (SSSR count). The SMILES string of the molecule is CCc1cc2oc3ccccc3c2cc1N. The number of furan rings is 1. The van der Waals surface area contributed by atoms with E-state index in [-0.39, 0.29) is 0 Å². The highest BCUT2D eigenvalue weighted by atomic mass is 16.3. The molecule has 0 aliphatic heterocycles. The lowest BCUT2D eigenvalue weighted by molar-refractivity contribution is 0.668. The van der Waals surface area contributed by atoms with Crippen LogP contribution in [0.2, 0.25) is 0 Å². The third-order valence-electron chi connectivity index (χ3n) is 3.02. The molecule has 0 radical (unpaired) electrons. The lowest BCUT2D eigenvalue weighted by Crippen LogP contribution is -1.91. The van der Waals surface area contributed by atoms with Crippen LogP contribution in [0.25, 0.3) is 21.9 Å². The Labute approximate surface area is 93.7 Å². The third kappa shape index (κ3) is 1.20. The van der Waals surface area contributed by atoms with Crippen LogP contribution in [0, 0.1) is 0 Å². The van der Waals surface area contributed by atoms with Crippen molar-refractivity contribution in [1.82, 2.24) is 0 Å². The second-order valence-corrected chi connectivity index (χ2v) is 4.00. The summed E-state index contributed by atoms with van der Waals surface area (Å²) in [6.07, 6.45) is 0.929. The Morgan fingerprint density at radius 1 is 1.06 bits per heavy atom.